The van der Waals surface area contributed by atoms with Crippen LogP contribution in [0.4, 0.5) is 5.69 Å². The van der Waals surface area contributed by atoms with Crippen molar-refractivity contribution in [2.24, 2.45) is 4.99 Å². The van der Waals surface area contributed by atoms with Crippen molar-refractivity contribution in [2.45, 2.75) is 11.8 Å². The van der Waals surface area contributed by atoms with Crippen LogP contribution in [0.15, 0.2) is 46.3 Å². The summed E-state index contributed by atoms with van der Waals surface area (Å²) in [5.74, 6) is 1.20. The lowest BCUT2D eigenvalue weighted by Gasteiger charge is -2.11. The summed E-state index contributed by atoms with van der Waals surface area (Å²) in [6.07, 6.45) is 0. The van der Waals surface area contributed by atoms with Gasteiger partial charge in [-0.05, 0) is 17.2 Å². The van der Waals surface area contributed by atoms with Gasteiger partial charge < -0.3 is 0 Å². The molecule has 1 heterocycles. The largest absolute Gasteiger partial charge is 0.250 e. The standard InChI is InChI=1S/C13H13NS/c1-2-15-9-14-13-11-6-4-3-5-10(11)7-8-12(13)15/h3-9,15H,2H2,1H3. The van der Waals surface area contributed by atoms with E-state index < -0.39 is 0 Å². The molecule has 0 saturated carbocycles. The lowest BCUT2D eigenvalue weighted by Crippen LogP contribution is -1.82. The van der Waals surface area contributed by atoms with Crippen LogP contribution in [0.1, 0.15) is 6.92 Å². The fourth-order valence-electron chi connectivity index (χ4n) is 2.05. The molecule has 0 radical (unpaired) electrons. The van der Waals surface area contributed by atoms with Gasteiger partial charge in [0.15, 0.2) is 0 Å². The zero-order valence-corrected chi connectivity index (χ0v) is 9.54. The third kappa shape index (κ3) is 1.29. The number of hydrogen-bond acceptors (Lipinski definition) is 1. The average Bonchev–Trinajstić information content (AvgIpc) is 2.72. The molecule has 0 saturated heterocycles. The van der Waals surface area contributed by atoms with Crippen molar-refractivity contribution in [1.82, 2.24) is 0 Å². The first-order valence-electron chi connectivity index (χ1n) is 5.22. The second kappa shape index (κ2) is 3.38. The summed E-state index contributed by atoms with van der Waals surface area (Å²) in [4.78, 5) is 6.03. The molecule has 1 aliphatic rings. The average molecular weight is 215 g/mol. The van der Waals surface area contributed by atoms with Gasteiger partial charge in [-0.15, -0.1) is 0 Å². The molecule has 1 unspecified atom stereocenters. The maximum absolute atomic E-state index is 4.58. The summed E-state index contributed by atoms with van der Waals surface area (Å²) >= 11 is 0. The molecule has 1 nitrogen and oxygen atoms in total. The Kier molecular flexibility index (Phi) is 2.03. The SMILES string of the molecule is CC[SH]1C=Nc2c1ccc1ccccc21. The van der Waals surface area contributed by atoms with Crippen LogP contribution < -0.4 is 0 Å². The van der Waals surface area contributed by atoms with E-state index in [0.717, 1.165) is 0 Å². The van der Waals surface area contributed by atoms with E-state index >= 15 is 0 Å². The Morgan fingerprint density at radius 2 is 2.00 bits per heavy atom. The molecule has 76 valence electrons. The van der Waals surface area contributed by atoms with E-state index in [9.17, 15) is 0 Å². The van der Waals surface area contributed by atoms with Crippen molar-refractivity contribution in [1.29, 1.82) is 0 Å². The number of aliphatic imine (C=N–C) groups is 1. The van der Waals surface area contributed by atoms with Crippen LogP contribution in [0.5, 0.6) is 0 Å². The molecule has 1 aliphatic heterocycles. The number of fused-ring (bicyclic) bond motifs is 3. The highest BCUT2D eigenvalue weighted by atomic mass is 32.2. The Labute approximate surface area is 92.2 Å². The Bertz CT molecular complexity index is 545. The Morgan fingerprint density at radius 3 is 2.87 bits per heavy atom. The molecule has 15 heavy (non-hydrogen) atoms. The summed E-state index contributed by atoms with van der Waals surface area (Å²) in [6.45, 7) is 2.24. The van der Waals surface area contributed by atoms with Crippen LogP contribution in [0, 0.1) is 0 Å². The first-order valence-corrected chi connectivity index (χ1v) is 6.82. The van der Waals surface area contributed by atoms with Crippen LogP contribution in [-0.2, 0) is 0 Å². The first-order chi connectivity index (χ1) is 7.40. The van der Waals surface area contributed by atoms with Crippen molar-refractivity contribution in [3.8, 4) is 0 Å². The van der Waals surface area contributed by atoms with Gasteiger partial charge in [0.05, 0.1) is 5.69 Å². The fraction of sp³-hybridized carbons (Fsp3) is 0.154. The Balaban J connectivity index is 2.32. The van der Waals surface area contributed by atoms with E-state index in [2.05, 4.69) is 53.9 Å². The monoisotopic (exact) mass is 215 g/mol. The van der Waals surface area contributed by atoms with E-state index in [-0.39, 0.29) is 10.9 Å². The Morgan fingerprint density at radius 1 is 1.13 bits per heavy atom. The van der Waals surface area contributed by atoms with E-state index in [1.165, 1.54) is 27.1 Å². The number of nitrogens with zero attached hydrogens (tertiary/aromatic N) is 1. The minimum absolute atomic E-state index is 0.124. The lowest BCUT2D eigenvalue weighted by atomic mass is 10.1. The van der Waals surface area contributed by atoms with Gasteiger partial charge in [0.25, 0.3) is 0 Å². The molecule has 2 aromatic rings. The van der Waals surface area contributed by atoms with Gasteiger partial charge >= 0.3 is 0 Å². The van der Waals surface area contributed by atoms with Gasteiger partial charge in [0.2, 0.25) is 0 Å². The zero-order valence-electron chi connectivity index (χ0n) is 8.64. The van der Waals surface area contributed by atoms with Crippen molar-refractivity contribution in [2.75, 3.05) is 5.75 Å². The maximum Gasteiger partial charge on any atom is 0.0835 e. The van der Waals surface area contributed by atoms with Crippen LogP contribution in [0.3, 0.4) is 0 Å². The summed E-state index contributed by atoms with van der Waals surface area (Å²) in [7, 11) is -0.124. The summed E-state index contributed by atoms with van der Waals surface area (Å²) in [5, 5.41) is 2.59. The molecule has 0 amide bonds. The second-order valence-corrected chi connectivity index (χ2v) is 5.97. The van der Waals surface area contributed by atoms with Gasteiger partial charge in [-0.2, -0.15) is 10.9 Å². The van der Waals surface area contributed by atoms with Gasteiger partial charge in [0, 0.05) is 15.8 Å². The summed E-state index contributed by atoms with van der Waals surface area (Å²) in [5.41, 5.74) is 3.35. The zero-order chi connectivity index (χ0) is 10.3. The van der Waals surface area contributed by atoms with E-state index in [4.69, 9.17) is 0 Å². The third-order valence-corrected chi connectivity index (χ3v) is 4.91. The molecular formula is C13H13NS. The van der Waals surface area contributed by atoms with E-state index in [0.29, 0.717) is 0 Å². The van der Waals surface area contributed by atoms with Crippen molar-refractivity contribution < 1.29 is 0 Å². The van der Waals surface area contributed by atoms with Crippen LogP contribution in [0.2, 0.25) is 0 Å². The van der Waals surface area contributed by atoms with E-state index in [1.807, 2.05) is 0 Å². The number of hydrogen-bond donors (Lipinski definition) is 1. The lowest BCUT2D eigenvalue weighted by molar-refractivity contribution is 1.42. The predicted molar refractivity (Wildman–Crippen MR) is 69.9 cm³/mol. The summed E-state index contributed by atoms with van der Waals surface area (Å²) in [6, 6.07) is 13.0. The van der Waals surface area contributed by atoms with Gasteiger partial charge in [-0.1, -0.05) is 37.3 Å². The van der Waals surface area contributed by atoms with Gasteiger partial charge in [-0.3, -0.25) is 0 Å². The molecule has 3 rings (SSSR count). The smallest absolute Gasteiger partial charge is 0.0835 e. The molecule has 0 N–H and O–H groups in total. The number of benzene rings is 2. The van der Waals surface area contributed by atoms with Crippen LogP contribution in [-0.4, -0.2) is 11.3 Å². The maximum atomic E-state index is 4.58. The molecular weight excluding hydrogens is 202 g/mol. The Hall–Kier alpha value is -1.28. The summed E-state index contributed by atoms with van der Waals surface area (Å²) < 4.78 is 0. The van der Waals surface area contributed by atoms with Crippen molar-refractivity contribution in [3.05, 3.63) is 36.4 Å². The molecule has 0 aliphatic carbocycles. The number of thiol groups is 1. The van der Waals surface area contributed by atoms with E-state index in [1.54, 1.807) is 0 Å². The quantitative estimate of drug-likeness (QED) is 0.693. The molecule has 2 heteroatoms. The minimum Gasteiger partial charge on any atom is -0.250 e. The number of rotatable bonds is 1. The highest BCUT2D eigenvalue weighted by Crippen LogP contribution is 2.48. The third-order valence-electron chi connectivity index (χ3n) is 2.86. The topological polar surface area (TPSA) is 12.4 Å². The van der Waals surface area contributed by atoms with Gasteiger partial charge in [-0.25, -0.2) is 4.99 Å². The molecule has 1 atom stereocenters. The molecule has 0 fully saturated rings. The molecule has 0 spiro atoms. The highest BCUT2D eigenvalue weighted by Gasteiger charge is 2.15. The highest BCUT2D eigenvalue weighted by molar-refractivity contribution is 8.28. The van der Waals surface area contributed by atoms with Crippen LogP contribution in [0.25, 0.3) is 10.8 Å². The molecule has 0 aromatic heterocycles. The first kappa shape index (κ1) is 8.98. The molecule has 2 aromatic carbocycles. The van der Waals surface area contributed by atoms with Gasteiger partial charge in [0.1, 0.15) is 0 Å². The molecule has 0 bridgehead atoms. The second-order valence-electron chi connectivity index (χ2n) is 3.69. The minimum atomic E-state index is -0.124. The normalized spacial score (nSPS) is 20.7. The van der Waals surface area contributed by atoms with Crippen molar-refractivity contribution in [3.63, 3.8) is 0 Å². The van der Waals surface area contributed by atoms with Crippen molar-refractivity contribution >= 4 is 32.9 Å². The predicted octanol–water partition coefficient (Wildman–Crippen LogP) is 3.89. The fourth-order valence-corrected chi connectivity index (χ4v) is 3.65. The van der Waals surface area contributed by atoms with Crippen LogP contribution >= 0.6 is 10.9 Å².